The fourth-order valence-corrected chi connectivity index (χ4v) is 3.21. The van der Waals surface area contributed by atoms with Crippen LogP contribution in [0.2, 0.25) is 0 Å². The third kappa shape index (κ3) is 7.30. The molecule has 0 bridgehead atoms. The van der Waals surface area contributed by atoms with Crippen LogP contribution in [0.25, 0.3) is 0 Å². The summed E-state index contributed by atoms with van der Waals surface area (Å²) in [5, 5.41) is 6.75. The molecule has 146 valence electrons. The van der Waals surface area contributed by atoms with Crippen LogP contribution in [0.3, 0.4) is 0 Å². The van der Waals surface area contributed by atoms with Gasteiger partial charge in [-0.15, -0.1) is 0 Å². The lowest BCUT2D eigenvalue weighted by Gasteiger charge is -2.35. The zero-order valence-electron chi connectivity index (χ0n) is 16.3. The molecule has 1 heterocycles. The normalized spacial score (nSPS) is 17.3. The average Bonchev–Trinajstić information content (AvgIpc) is 2.63. The van der Waals surface area contributed by atoms with Crippen LogP contribution in [0.1, 0.15) is 32.8 Å². The van der Waals surface area contributed by atoms with Crippen molar-refractivity contribution in [3.63, 3.8) is 0 Å². The quantitative estimate of drug-likeness (QED) is 0.550. The summed E-state index contributed by atoms with van der Waals surface area (Å²) in [5.41, 5.74) is 0.870. The molecule has 1 saturated heterocycles. The van der Waals surface area contributed by atoms with Gasteiger partial charge >= 0.3 is 0 Å². The summed E-state index contributed by atoms with van der Waals surface area (Å²) in [6.07, 6.45) is 1.14. The van der Waals surface area contributed by atoms with Gasteiger partial charge < -0.3 is 15.4 Å². The lowest BCUT2D eigenvalue weighted by atomic mass is 10.0. The zero-order chi connectivity index (χ0) is 18.8. The van der Waals surface area contributed by atoms with Crippen LogP contribution in [-0.2, 0) is 11.3 Å². The molecule has 1 aliphatic heterocycles. The fraction of sp³-hybridized carbons (Fsp3) is 0.650. The third-order valence-corrected chi connectivity index (χ3v) is 4.46. The molecule has 26 heavy (non-hydrogen) atoms. The predicted octanol–water partition coefficient (Wildman–Crippen LogP) is 2.63. The van der Waals surface area contributed by atoms with Crippen LogP contribution in [0.5, 0.6) is 0 Å². The smallest absolute Gasteiger partial charge is 0.191 e. The molecular weight excluding hydrogens is 331 g/mol. The number of aliphatic imine (C=N–C) groups is 1. The predicted molar refractivity (Wildman–Crippen MR) is 105 cm³/mol. The summed E-state index contributed by atoms with van der Waals surface area (Å²) in [4.78, 5) is 7.11. The third-order valence-electron chi connectivity index (χ3n) is 4.46. The number of rotatable bonds is 8. The van der Waals surface area contributed by atoms with Crippen molar-refractivity contribution in [1.82, 2.24) is 15.5 Å². The molecule has 5 nitrogen and oxygen atoms in total. The summed E-state index contributed by atoms with van der Waals surface area (Å²) in [5.74, 6) is 1.19. The highest BCUT2D eigenvalue weighted by Crippen LogP contribution is 2.13. The number of nitrogens with zero attached hydrogens (tertiary/aromatic N) is 2. The molecule has 1 aromatic carbocycles. The maximum absolute atomic E-state index is 13.3. The van der Waals surface area contributed by atoms with E-state index in [1.165, 1.54) is 12.1 Å². The van der Waals surface area contributed by atoms with Crippen molar-refractivity contribution < 1.29 is 9.13 Å². The molecule has 2 rings (SSSR count). The van der Waals surface area contributed by atoms with Crippen molar-refractivity contribution in [2.24, 2.45) is 10.9 Å². The van der Waals surface area contributed by atoms with Gasteiger partial charge in [-0.1, -0.05) is 26.0 Å². The van der Waals surface area contributed by atoms with Gasteiger partial charge in [-0.05, 0) is 37.0 Å². The Kier molecular flexibility index (Phi) is 8.85. The second-order valence-corrected chi connectivity index (χ2v) is 7.14. The maximum atomic E-state index is 13.3. The number of guanidine groups is 1. The van der Waals surface area contributed by atoms with Crippen LogP contribution in [0, 0.1) is 11.7 Å². The van der Waals surface area contributed by atoms with Crippen molar-refractivity contribution in [2.75, 3.05) is 39.4 Å². The highest BCUT2D eigenvalue weighted by Gasteiger charge is 2.22. The molecule has 2 N–H and O–H groups in total. The van der Waals surface area contributed by atoms with Crippen LogP contribution in [0.4, 0.5) is 4.39 Å². The average molecular weight is 365 g/mol. The molecule has 0 radical (unpaired) electrons. The first-order valence-electron chi connectivity index (χ1n) is 9.67. The molecule has 0 amide bonds. The van der Waals surface area contributed by atoms with Crippen molar-refractivity contribution in [2.45, 2.75) is 39.8 Å². The number of morpholine rings is 1. The second-order valence-electron chi connectivity index (χ2n) is 7.14. The number of halogens is 1. The molecule has 1 fully saturated rings. The monoisotopic (exact) mass is 364 g/mol. The number of nitrogens with one attached hydrogen (secondary N) is 2. The van der Waals surface area contributed by atoms with Gasteiger partial charge in [0.15, 0.2) is 5.96 Å². The second kappa shape index (κ2) is 11.1. The van der Waals surface area contributed by atoms with E-state index >= 15 is 0 Å². The fourth-order valence-electron chi connectivity index (χ4n) is 3.21. The van der Waals surface area contributed by atoms with E-state index < -0.39 is 0 Å². The lowest BCUT2D eigenvalue weighted by molar-refractivity contribution is 0.0132. The van der Waals surface area contributed by atoms with Crippen molar-refractivity contribution in [3.05, 3.63) is 35.6 Å². The zero-order valence-corrected chi connectivity index (χ0v) is 16.3. The van der Waals surface area contributed by atoms with E-state index in [9.17, 15) is 4.39 Å². The standard InChI is InChI=1S/C20H33FN4O/c1-4-22-20(23-14-17-6-5-7-18(21)13-17)24-15-19(12-16(2)3)25-8-10-26-11-9-25/h5-7,13,16,19H,4,8-12,14-15H2,1-3H3,(H2,22,23,24). The van der Waals surface area contributed by atoms with Gasteiger partial charge in [0, 0.05) is 32.2 Å². The topological polar surface area (TPSA) is 48.9 Å². The Morgan fingerprint density at radius 1 is 1.27 bits per heavy atom. The highest BCUT2D eigenvalue weighted by molar-refractivity contribution is 5.79. The van der Waals surface area contributed by atoms with Crippen molar-refractivity contribution >= 4 is 5.96 Å². The minimum atomic E-state index is -0.222. The molecule has 0 saturated carbocycles. The molecule has 0 aromatic heterocycles. The first-order valence-corrected chi connectivity index (χ1v) is 9.67. The van der Waals surface area contributed by atoms with Crippen molar-refractivity contribution in [3.8, 4) is 0 Å². The summed E-state index contributed by atoms with van der Waals surface area (Å²) < 4.78 is 18.8. The SMILES string of the molecule is CCNC(=NCc1cccc(F)c1)NCC(CC(C)C)N1CCOCC1. The molecule has 1 aromatic rings. The first kappa shape index (κ1) is 20.6. The van der Waals surface area contributed by atoms with E-state index in [1.807, 2.05) is 13.0 Å². The lowest BCUT2D eigenvalue weighted by Crippen LogP contribution is -2.51. The Labute approximate surface area is 157 Å². The maximum Gasteiger partial charge on any atom is 0.191 e. The summed E-state index contributed by atoms with van der Waals surface area (Å²) in [7, 11) is 0. The largest absolute Gasteiger partial charge is 0.379 e. The van der Waals surface area contributed by atoms with Gasteiger partial charge in [0.25, 0.3) is 0 Å². The van der Waals surface area contributed by atoms with E-state index in [0.29, 0.717) is 18.5 Å². The Bertz CT molecular complexity index is 558. The minimum Gasteiger partial charge on any atom is -0.379 e. The van der Waals surface area contributed by atoms with Crippen molar-refractivity contribution in [1.29, 1.82) is 0 Å². The van der Waals surface area contributed by atoms with Crippen LogP contribution < -0.4 is 10.6 Å². The number of ether oxygens (including phenoxy) is 1. The Morgan fingerprint density at radius 2 is 2.04 bits per heavy atom. The highest BCUT2D eigenvalue weighted by atomic mass is 19.1. The van der Waals surface area contributed by atoms with Crippen LogP contribution >= 0.6 is 0 Å². The van der Waals surface area contributed by atoms with Crippen LogP contribution in [-0.4, -0.2) is 56.3 Å². The van der Waals surface area contributed by atoms with E-state index in [2.05, 4.69) is 34.4 Å². The Morgan fingerprint density at radius 3 is 2.69 bits per heavy atom. The molecule has 1 unspecified atom stereocenters. The molecular formula is C20H33FN4O. The van der Waals surface area contributed by atoms with E-state index in [1.54, 1.807) is 6.07 Å². The minimum absolute atomic E-state index is 0.222. The van der Waals surface area contributed by atoms with E-state index in [-0.39, 0.29) is 5.82 Å². The van der Waals surface area contributed by atoms with Gasteiger partial charge in [0.2, 0.25) is 0 Å². The number of hydrogen-bond acceptors (Lipinski definition) is 3. The Hall–Kier alpha value is -1.66. The van der Waals surface area contributed by atoms with Gasteiger partial charge in [-0.2, -0.15) is 0 Å². The number of hydrogen-bond donors (Lipinski definition) is 2. The summed E-state index contributed by atoms with van der Waals surface area (Å²) in [6, 6.07) is 7.05. The molecule has 1 aliphatic rings. The van der Waals surface area contributed by atoms with Gasteiger partial charge in [-0.25, -0.2) is 9.38 Å². The molecule has 0 spiro atoms. The first-order chi connectivity index (χ1) is 12.6. The molecule has 1 atom stereocenters. The summed E-state index contributed by atoms with van der Waals surface area (Å²) >= 11 is 0. The summed E-state index contributed by atoms with van der Waals surface area (Å²) in [6.45, 7) is 12.2. The van der Waals surface area contributed by atoms with Crippen LogP contribution in [0.15, 0.2) is 29.3 Å². The number of benzene rings is 1. The van der Waals surface area contributed by atoms with Gasteiger partial charge in [0.1, 0.15) is 5.82 Å². The molecule has 0 aliphatic carbocycles. The van der Waals surface area contributed by atoms with Gasteiger partial charge in [0.05, 0.1) is 19.8 Å². The Balaban J connectivity index is 1.95. The van der Waals surface area contributed by atoms with Gasteiger partial charge in [-0.3, -0.25) is 4.90 Å². The van der Waals surface area contributed by atoms with E-state index in [4.69, 9.17) is 4.74 Å². The molecule has 6 heteroatoms. The van der Waals surface area contributed by atoms with E-state index in [0.717, 1.165) is 57.3 Å².